The minimum Gasteiger partial charge on any atom is -0.496 e. The number of rotatable bonds is 8. The van der Waals surface area contributed by atoms with Crippen molar-refractivity contribution in [2.24, 2.45) is 0 Å². The number of hydrogen-bond donors (Lipinski definition) is 1. The Morgan fingerprint density at radius 1 is 1.00 bits per heavy atom. The molecule has 2 aromatic rings. The number of hydrogen-bond acceptors (Lipinski definition) is 5. The quantitative estimate of drug-likeness (QED) is 0.761. The highest BCUT2D eigenvalue weighted by atomic mass is 35.5. The van der Waals surface area contributed by atoms with E-state index in [1.807, 2.05) is 6.92 Å². The summed E-state index contributed by atoms with van der Waals surface area (Å²) in [7, 11) is 4.65. The number of halogens is 1. The highest BCUT2D eigenvalue weighted by molar-refractivity contribution is 6.31. The number of aryl methyl sites for hydroxylation is 1. The first-order valence-corrected chi connectivity index (χ1v) is 8.30. The summed E-state index contributed by atoms with van der Waals surface area (Å²) in [6.07, 6.45) is 0. The maximum absolute atomic E-state index is 12.1. The molecule has 0 radical (unpaired) electrons. The second-order valence-electron chi connectivity index (χ2n) is 5.50. The van der Waals surface area contributed by atoms with Crippen molar-refractivity contribution in [2.45, 2.75) is 13.5 Å². The van der Waals surface area contributed by atoms with Gasteiger partial charge >= 0.3 is 0 Å². The minimum absolute atomic E-state index is 0.101. The summed E-state index contributed by atoms with van der Waals surface area (Å²) >= 11 is 5.97. The van der Waals surface area contributed by atoms with Crippen LogP contribution in [0.15, 0.2) is 30.3 Å². The van der Waals surface area contributed by atoms with Gasteiger partial charge in [-0.25, -0.2) is 0 Å². The largest absolute Gasteiger partial charge is 0.496 e. The molecule has 2 rings (SSSR count). The number of benzene rings is 2. The van der Waals surface area contributed by atoms with Crippen LogP contribution in [0.4, 0.5) is 0 Å². The second kappa shape index (κ2) is 9.20. The standard InChI is InChI=1S/C19H22ClNO5/c1-12-7-14(5-6-15(12)20)26-11-19(22)21-10-13-8-17(24-3)18(25-4)9-16(13)23-2/h5-9H,10-11H2,1-4H3,(H,21,22). The third kappa shape index (κ3) is 4.95. The summed E-state index contributed by atoms with van der Waals surface area (Å²) in [6, 6.07) is 8.72. The van der Waals surface area contributed by atoms with Crippen molar-refractivity contribution >= 4 is 17.5 Å². The second-order valence-corrected chi connectivity index (χ2v) is 5.90. The van der Waals surface area contributed by atoms with Gasteiger partial charge in [0.2, 0.25) is 0 Å². The summed E-state index contributed by atoms with van der Waals surface area (Å²) in [5.41, 5.74) is 1.65. The Labute approximate surface area is 158 Å². The smallest absolute Gasteiger partial charge is 0.258 e. The Kier molecular flexibility index (Phi) is 6.97. The van der Waals surface area contributed by atoms with Crippen LogP contribution < -0.4 is 24.3 Å². The Morgan fingerprint density at radius 2 is 1.65 bits per heavy atom. The maximum Gasteiger partial charge on any atom is 0.258 e. The molecule has 0 heterocycles. The van der Waals surface area contributed by atoms with Crippen molar-refractivity contribution in [1.29, 1.82) is 0 Å². The van der Waals surface area contributed by atoms with Gasteiger partial charge in [-0.2, -0.15) is 0 Å². The summed E-state index contributed by atoms with van der Waals surface area (Å²) in [5.74, 6) is 2.05. The van der Waals surface area contributed by atoms with Gasteiger partial charge in [0.1, 0.15) is 11.5 Å². The normalized spacial score (nSPS) is 10.2. The first kappa shape index (κ1) is 19.7. The number of nitrogens with one attached hydrogen (secondary N) is 1. The van der Waals surface area contributed by atoms with Crippen LogP contribution in [0.25, 0.3) is 0 Å². The van der Waals surface area contributed by atoms with E-state index in [-0.39, 0.29) is 19.1 Å². The van der Waals surface area contributed by atoms with Crippen LogP contribution in [0, 0.1) is 6.92 Å². The average Bonchev–Trinajstić information content (AvgIpc) is 2.66. The summed E-state index contributed by atoms with van der Waals surface area (Å²) in [5, 5.41) is 3.45. The molecular formula is C19H22ClNO5. The number of amides is 1. The maximum atomic E-state index is 12.1. The van der Waals surface area contributed by atoms with Crippen molar-refractivity contribution in [3.63, 3.8) is 0 Å². The fourth-order valence-electron chi connectivity index (χ4n) is 2.33. The van der Waals surface area contributed by atoms with Crippen LogP contribution in [0.2, 0.25) is 5.02 Å². The third-order valence-corrected chi connectivity index (χ3v) is 4.19. The number of methoxy groups -OCH3 is 3. The predicted molar refractivity (Wildman–Crippen MR) is 99.6 cm³/mol. The molecule has 7 heteroatoms. The van der Waals surface area contributed by atoms with Gasteiger partial charge in [0, 0.05) is 23.2 Å². The molecule has 0 atom stereocenters. The first-order valence-electron chi connectivity index (χ1n) is 7.93. The lowest BCUT2D eigenvalue weighted by molar-refractivity contribution is -0.123. The predicted octanol–water partition coefficient (Wildman–Crippen LogP) is 3.37. The molecule has 0 aromatic heterocycles. The van der Waals surface area contributed by atoms with E-state index in [4.69, 9.17) is 30.5 Å². The van der Waals surface area contributed by atoms with Gasteiger partial charge in [-0.1, -0.05) is 11.6 Å². The molecule has 0 aliphatic rings. The fraction of sp³-hybridized carbons (Fsp3) is 0.316. The summed E-state index contributed by atoms with van der Waals surface area (Å²) in [4.78, 5) is 12.1. The van der Waals surface area contributed by atoms with Crippen LogP contribution in [-0.2, 0) is 11.3 Å². The lowest BCUT2D eigenvalue weighted by Crippen LogP contribution is -2.28. The van der Waals surface area contributed by atoms with Crippen LogP contribution in [0.1, 0.15) is 11.1 Å². The molecule has 0 saturated heterocycles. The third-order valence-electron chi connectivity index (χ3n) is 3.76. The Balaban J connectivity index is 1.97. The van der Waals surface area contributed by atoms with E-state index in [2.05, 4.69) is 5.32 Å². The van der Waals surface area contributed by atoms with Gasteiger partial charge in [-0.15, -0.1) is 0 Å². The summed E-state index contributed by atoms with van der Waals surface area (Å²) in [6.45, 7) is 2.04. The zero-order chi connectivity index (χ0) is 19.1. The molecule has 140 valence electrons. The van der Waals surface area contributed by atoms with E-state index < -0.39 is 0 Å². The number of carbonyl (C=O) groups excluding carboxylic acids is 1. The van der Waals surface area contributed by atoms with Crippen LogP contribution in [0.5, 0.6) is 23.0 Å². The van der Waals surface area contributed by atoms with Gasteiger partial charge < -0.3 is 24.3 Å². The molecule has 2 aromatic carbocycles. The Hall–Kier alpha value is -2.60. The van der Waals surface area contributed by atoms with Gasteiger partial charge in [-0.05, 0) is 36.8 Å². The monoisotopic (exact) mass is 379 g/mol. The van der Waals surface area contributed by atoms with Crippen LogP contribution >= 0.6 is 11.6 Å². The molecule has 0 aliphatic carbocycles. The van der Waals surface area contributed by atoms with Crippen LogP contribution in [0.3, 0.4) is 0 Å². The lowest BCUT2D eigenvalue weighted by atomic mass is 10.1. The van der Waals surface area contributed by atoms with E-state index >= 15 is 0 Å². The molecule has 26 heavy (non-hydrogen) atoms. The zero-order valence-corrected chi connectivity index (χ0v) is 16.0. The SMILES string of the molecule is COc1cc(OC)c(OC)cc1CNC(=O)COc1ccc(Cl)c(C)c1. The molecule has 0 fully saturated rings. The average molecular weight is 380 g/mol. The molecule has 6 nitrogen and oxygen atoms in total. The molecular weight excluding hydrogens is 358 g/mol. The zero-order valence-electron chi connectivity index (χ0n) is 15.2. The summed E-state index contributed by atoms with van der Waals surface area (Å²) < 4.78 is 21.3. The van der Waals surface area contributed by atoms with Gasteiger partial charge in [0.25, 0.3) is 5.91 Å². The van der Waals surface area contributed by atoms with E-state index in [1.165, 1.54) is 0 Å². The van der Waals surface area contributed by atoms with Crippen molar-refractivity contribution < 1.29 is 23.7 Å². The van der Waals surface area contributed by atoms with E-state index in [0.29, 0.717) is 28.0 Å². The Morgan fingerprint density at radius 3 is 2.27 bits per heavy atom. The fourth-order valence-corrected chi connectivity index (χ4v) is 2.45. The van der Waals surface area contributed by atoms with E-state index in [1.54, 1.807) is 51.7 Å². The Bertz CT molecular complexity index is 779. The first-order chi connectivity index (χ1) is 12.5. The molecule has 0 aliphatic heterocycles. The molecule has 0 unspecified atom stereocenters. The molecule has 0 bridgehead atoms. The number of ether oxygens (including phenoxy) is 4. The van der Waals surface area contributed by atoms with Crippen molar-refractivity contribution in [3.05, 3.63) is 46.5 Å². The molecule has 0 saturated carbocycles. The van der Waals surface area contributed by atoms with E-state index in [0.717, 1.165) is 11.1 Å². The number of carbonyl (C=O) groups is 1. The topological polar surface area (TPSA) is 66.0 Å². The van der Waals surface area contributed by atoms with Gasteiger partial charge in [0.05, 0.1) is 21.3 Å². The van der Waals surface area contributed by atoms with E-state index in [9.17, 15) is 4.79 Å². The molecule has 1 N–H and O–H groups in total. The minimum atomic E-state index is -0.255. The van der Waals surface area contributed by atoms with Crippen molar-refractivity contribution in [1.82, 2.24) is 5.32 Å². The van der Waals surface area contributed by atoms with Crippen LogP contribution in [-0.4, -0.2) is 33.8 Å². The molecule has 0 spiro atoms. The lowest BCUT2D eigenvalue weighted by Gasteiger charge is -2.15. The van der Waals surface area contributed by atoms with Gasteiger partial charge in [0.15, 0.2) is 18.1 Å². The molecule has 1 amide bonds. The van der Waals surface area contributed by atoms with Crippen molar-refractivity contribution in [3.8, 4) is 23.0 Å². The van der Waals surface area contributed by atoms with Crippen molar-refractivity contribution in [2.75, 3.05) is 27.9 Å². The van der Waals surface area contributed by atoms with Gasteiger partial charge in [-0.3, -0.25) is 4.79 Å². The highest BCUT2D eigenvalue weighted by Gasteiger charge is 2.13. The highest BCUT2D eigenvalue weighted by Crippen LogP contribution is 2.34.